The van der Waals surface area contributed by atoms with Crippen LogP contribution < -0.4 is 5.56 Å². The van der Waals surface area contributed by atoms with Crippen LogP contribution in [-0.2, 0) is 4.79 Å². The van der Waals surface area contributed by atoms with Crippen molar-refractivity contribution in [3.63, 3.8) is 0 Å². The maximum Gasteiger partial charge on any atom is 0.251 e. The Balaban J connectivity index is 1.88. The third-order valence-corrected chi connectivity index (χ3v) is 5.92. The van der Waals surface area contributed by atoms with Crippen LogP contribution in [0.25, 0.3) is 0 Å². The van der Waals surface area contributed by atoms with Gasteiger partial charge in [0.25, 0.3) is 5.56 Å². The van der Waals surface area contributed by atoms with Crippen molar-refractivity contribution in [3.8, 4) is 0 Å². The molecule has 1 fully saturated rings. The van der Waals surface area contributed by atoms with Crippen LogP contribution >= 0.6 is 0 Å². The molecule has 1 aromatic heterocycles. The van der Waals surface area contributed by atoms with E-state index >= 15 is 0 Å². The maximum absolute atomic E-state index is 13.1. The number of piperidine rings is 1. The van der Waals surface area contributed by atoms with E-state index in [1.165, 1.54) is 0 Å². The summed E-state index contributed by atoms with van der Waals surface area (Å²) in [5.74, 6) is 0.730. The molecule has 5 nitrogen and oxygen atoms in total. The molecule has 2 aliphatic heterocycles. The Morgan fingerprint density at radius 2 is 1.96 bits per heavy atom. The zero-order chi connectivity index (χ0) is 18.0. The van der Waals surface area contributed by atoms with Crippen molar-refractivity contribution in [2.75, 3.05) is 19.7 Å². The van der Waals surface area contributed by atoms with Gasteiger partial charge in [0.2, 0.25) is 5.91 Å². The molecule has 0 unspecified atom stereocenters. The number of aromatic nitrogens is 1. The fourth-order valence-electron chi connectivity index (χ4n) is 4.80. The van der Waals surface area contributed by atoms with Gasteiger partial charge in [0.15, 0.2) is 0 Å². The number of likely N-dealkylation sites (tertiary alicyclic amines) is 1. The van der Waals surface area contributed by atoms with Crippen LogP contribution in [0.3, 0.4) is 0 Å². The van der Waals surface area contributed by atoms with Crippen LogP contribution in [0.4, 0.5) is 0 Å². The number of carbonyl (C=O) groups is 1. The molecule has 138 valence electrons. The molecule has 0 saturated carbocycles. The predicted octanol–water partition coefficient (Wildman–Crippen LogP) is 2.54. The lowest BCUT2D eigenvalue weighted by Crippen LogP contribution is -2.53. The van der Waals surface area contributed by atoms with Crippen molar-refractivity contribution >= 4 is 5.91 Å². The number of aliphatic hydroxyl groups excluding tert-OH is 1. The Kier molecular flexibility index (Phi) is 5.62. The SMILES string of the molecule is CCCC(CCC)C(=O)N1C[C@H]2C[C@@H](C1)[C@H](CO)n1c2cccc1=O. The second-order valence-corrected chi connectivity index (χ2v) is 7.62. The van der Waals surface area contributed by atoms with E-state index in [0.29, 0.717) is 13.1 Å². The topological polar surface area (TPSA) is 62.5 Å². The molecule has 0 spiro atoms. The fourth-order valence-corrected chi connectivity index (χ4v) is 4.80. The van der Waals surface area contributed by atoms with Crippen LogP contribution in [-0.4, -0.2) is 40.2 Å². The van der Waals surface area contributed by atoms with Gasteiger partial charge in [0.05, 0.1) is 12.6 Å². The molecule has 1 amide bonds. The van der Waals surface area contributed by atoms with Gasteiger partial charge in [0.1, 0.15) is 0 Å². The van der Waals surface area contributed by atoms with Crippen LogP contribution in [0.5, 0.6) is 0 Å². The van der Waals surface area contributed by atoms with E-state index in [4.69, 9.17) is 0 Å². The summed E-state index contributed by atoms with van der Waals surface area (Å²) in [7, 11) is 0. The Labute approximate surface area is 149 Å². The summed E-state index contributed by atoms with van der Waals surface area (Å²) in [6.45, 7) is 5.56. The van der Waals surface area contributed by atoms with E-state index in [0.717, 1.165) is 37.8 Å². The van der Waals surface area contributed by atoms with Gasteiger partial charge in [-0.05, 0) is 25.3 Å². The molecular weight excluding hydrogens is 316 g/mol. The first-order valence-corrected chi connectivity index (χ1v) is 9.71. The van der Waals surface area contributed by atoms with Gasteiger partial charge in [0, 0.05) is 42.6 Å². The Bertz CT molecular complexity index is 663. The van der Waals surface area contributed by atoms with Crippen molar-refractivity contribution in [1.82, 2.24) is 9.47 Å². The number of aliphatic hydroxyl groups is 1. The normalized spacial score (nSPS) is 25.1. The van der Waals surface area contributed by atoms with E-state index in [-0.39, 0.29) is 41.9 Å². The number of hydrogen-bond acceptors (Lipinski definition) is 3. The minimum absolute atomic E-state index is 0.0409. The molecule has 0 radical (unpaired) electrons. The fraction of sp³-hybridized carbons (Fsp3) is 0.700. The van der Waals surface area contributed by atoms with Crippen molar-refractivity contribution in [1.29, 1.82) is 0 Å². The first-order valence-electron chi connectivity index (χ1n) is 9.71. The van der Waals surface area contributed by atoms with Crippen LogP contribution in [0, 0.1) is 11.8 Å². The van der Waals surface area contributed by atoms with Crippen LogP contribution in [0.15, 0.2) is 23.0 Å². The van der Waals surface area contributed by atoms with E-state index in [9.17, 15) is 14.7 Å². The third kappa shape index (κ3) is 3.39. The van der Waals surface area contributed by atoms with Gasteiger partial charge in [-0.3, -0.25) is 9.59 Å². The second kappa shape index (κ2) is 7.73. The lowest BCUT2D eigenvalue weighted by molar-refractivity contribution is -0.139. The molecule has 3 atom stereocenters. The van der Waals surface area contributed by atoms with Crippen molar-refractivity contribution in [3.05, 3.63) is 34.2 Å². The summed E-state index contributed by atoms with van der Waals surface area (Å²) in [6.07, 6.45) is 4.88. The standard InChI is InChI=1S/C20H30N2O3/c1-3-6-14(7-4-2)20(25)21-11-15-10-16(12-21)18(13-23)22-17(15)8-5-9-19(22)24/h5,8-9,14-16,18,23H,3-4,6-7,10-13H2,1-2H3/t15-,16+,18+/m1/s1. The monoisotopic (exact) mass is 346 g/mol. The Morgan fingerprint density at radius 1 is 1.24 bits per heavy atom. The highest BCUT2D eigenvalue weighted by Crippen LogP contribution is 2.41. The smallest absolute Gasteiger partial charge is 0.251 e. The van der Waals surface area contributed by atoms with E-state index in [2.05, 4.69) is 13.8 Å². The zero-order valence-corrected chi connectivity index (χ0v) is 15.4. The lowest BCUT2D eigenvalue weighted by atomic mass is 9.78. The Morgan fingerprint density at radius 3 is 2.60 bits per heavy atom. The first-order chi connectivity index (χ1) is 12.1. The highest BCUT2D eigenvalue weighted by Gasteiger charge is 2.42. The molecular formula is C20H30N2O3. The average Bonchev–Trinajstić information content (AvgIpc) is 2.62. The summed E-state index contributed by atoms with van der Waals surface area (Å²) in [5.41, 5.74) is 0.934. The van der Waals surface area contributed by atoms with Crippen LogP contribution in [0.1, 0.15) is 63.6 Å². The minimum Gasteiger partial charge on any atom is -0.394 e. The van der Waals surface area contributed by atoms with Crippen molar-refractivity contribution < 1.29 is 9.90 Å². The molecule has 1 aromatic rings. The summed E-state index contributed by atoms with van der Waals surface area (Å²) in [6, 6.07) is 5.12. The number of nitrogens with zero attached hydrogens (tertiary/aromatic N) is 2. The van der Waals surface area contributed by atoms with Crippen molar-refractivity contribution in [2.24, 2.45) is 11.8 Å². The van der Waals surface area contributed by atoms with E-state index in [1.54, 1.807) is 16.7 Å². The molecule has 3 heterocycles. The number of rotatable bonds is 6. The molecule has 2 bridgehead atoms. The first kappa shape index (κ1) is 18.2. The number of fused-ring (bicyclic) bond motifs is 4. The predicted molar refractivity (Wildman–Crippen MR) is 97.6 cm³/mol. The van der Waals surface area contributed by atoms with Gasteiger partial charge < -0.3 is 14.6 Å². The molecule has 25 heavy (non-hydrogen) atoms. The van der Waals surface area contributed by atoms with E-state index in [1.807, 2.05) is 11.0 Å². The average molecular weight is 346 g/mol. The third-order valence-electron chi connectivity index (χ3n) is 5.92. The van der Waals surface area contributed by atoms with Gasteiger partial charge in [-0.15, -0.1) is 0 Å². The highest BCUT2D eigenvalue weighted by molar-refractivity contribution is 5.79. The van der Waals surface area contributed by atoms with Crippen molar-refractivity contribution in [2.45, 2.75) is 57.9 Å². The number of pyridine rings is 1. The molecule has 1 saturated heterocycles. The van der Waals surface area contributed by atoms with E-state index < -0.39 is 0 Å². The van der Waals surface area contributed by atoms with Gasteiger partial charge in [-0.25, -0.2) is 0 Å². The number of amides is 1. The lowest BCUT2D eigenvalue weighted by Gasteiger charge is -2.47. The molecule has 5 heteroatoms. The molecule has 2 aliphatic rings. The number of hydrogen-bond donors (Lipinski definition) is 1. The zero-order valence-electron chi connectivity index (χ0n) is 15.4. The minimum atomic E-state index is -0.216. The largest absolute Gasteiger partial charge is 0.394 e. The molecule has 3 rings (SSSR count). The molecule has 0 aromatic carbocycles. The summed E-state index contributed by atoms with van der Waals surface area (Å²) >= 11 is 0. The number of carbonyl (C=O) groups excluding carboxylic acids is 1. The molecule has 1 N–H and O–H groups in total. The molecule has 0 aliphatic carbocycles. The van der Waals surface area contributed by atoms with Crippen LogP contribution in [0.2, 0.25) is 0 Å². The summed E-state index contributed by atoms with van der Waals surface area (Å²) in [5, 5.41) is 9.91. The quantitative estimate of drug-likeness (QED) is 0.861. The van der Waals surface area contributed by atoms with Gasteiger partial charge in [-0.1, -0.05) is 32.8 Å². The highest BCUT2D eigenvalue weighted by atomic mass is 16.3. The van der Waals surface area contributed by atoms with Gasteiger partial charge >= 0.3 is 0 Å². The maximum atomic E-state index is 13.1. The summed E-state index contributed by atoms with van der Waals surface area (Å²) < 4.78 is 1.77. The summed E-state index contributed by atoms with van der Waals surface area (Å²) in [4.78, 5) is 27.4. The second-order valence-electron chi connectivity index (χ2n) is 7.62. The Hall–Kier alpha value is -1.62. The van der Waals surface area contributed by atoms with Gasteiger partial charge in [-0.2, -0.15) is 0 Å².